The second-order valence-electron chi connectivity index (χ2n) is 6.72. The summed E-state index contributed by atoms with van der Waals surface area (Å²) in [5, 5.41) is 1.41. The molecule has 0 saturated carbocycles. The van der Waals surface area contributed by atoms with Crippen LogP contribution >= 0.6 is 15.9 Å². The van der Waals surface area contributed by atoms with Crippen LogP contribution in [0.3, 0.4) is 0 Å². The number of rotatable bonds is 3. The molecule has 0 radical (unpaired) electrons. The fourth-order valence-electron chi connectivity index (χ4n) is 3.43. The zero-order valence-corrected chi connectivity index (χ0v) is 17.3. The second-order valence-corrected chi connectivity index (χ2v) is 7.64. The molecule has 0 fully saturated rings. The van der Waals surface area contributed by atoms with Crippen molar-refractivity contribution in [3.8, 4) is 0 Å². The van der Waals surface area contributed by atoms with Gasteiger partial charge < -0.3 is 9.13 Å². The third-order valence-corrected chi connectivity index (χ3v) is 5.33. The Bertz CT molecular complexity index is 1300. The molecule has 146 valence electrons. The van der Waals surface area contributed by atoms with Gasteiger partial charge in [-0.2, -0.15) is 0 Å². The number of carbonyl (C=O) groups excluding carboxylic acids is 3. The van der Waals surface area contributed by atoms with E-state index < -0.39 is 17.6 Å². The zero-order chi connectivity index (χ0) is 20.7. The maximum atomic E-state index is 12.6. The number of carbonyl (C=O) groups is 3. The van der Waals surface area contributed by atoms with Crippen LogP contribution in [0.5, 0.6) is 0 Å². The zero-order valence-electron chi connectivity index (χ0n) is 15.7. The smallest absolute Gasteiger partial charge is 0.310 e. The van der Waals surface area contributed by atoms with Crippen molar-refractivity contribution in [1.29, 1.82) is 0 Å². The summed E-state index contributed by atoms with van der Waals surface area (Å²) in [7, 11) is 3.63. The predicted octanol–water partition coefficient (Wildman–Crippen LogP) is 3.08. The Labute approximate surface area is 174 Å². The number of nitrogens with one attached hydrogen (secondary N) is 2. The van der Waals surface area contributed by atoms with Gasteiger partial charge in [0.15, 0.2) is 0 Å². The first-order chi connectivity index (χ1) is 13.9. The number of amides is 2. The summed E-state index contributed by atoms with van der Waals surface area (Å²) in [6.45, 7) is 0. The minimum absolute atomic E-state index is 0.281. The van der Waals surface area contributed by atoms with Gasteiger partial charge in [-0.3, -0.25) is 25.2 Å². The van der Waals surface area contributed by atoms with Crippen molar-refractivity contribution in [3.63, 3.8) is 0 Å². The lowest BCUT2D eigenvalue weighted by Gasteiger charge is -2.06. The van der Waals surface area contributed by atoms with Gasteiger partial charge in [-0.1, -0.05) is 34.1 Å². The summed E-state index contributed by atoms with van der Waals surface area (Å²) < 4.78 is 4.43. The number of hydrazine groups is 1. The van der Waals surface area contributed by atoms with Gasteiger partial charge in [0.25, 0.3) is 11.7 Å². The number of Topliss-reactive ketones (excluding diaryl/α,β-unsaturated/α-hetero) is 1. The van der Waals surface area contributed by atoms with E-state index in [4.69, 9.17) is 0 Å². The molecule has 2 amide bonds. The molecule has 29 heavy (non-hydrogen) atoms. The molecule has 4 aromatic rings. The monoisotopic (exact) mass is 452 g/mol. The minimum Gasteiger partial charge on any atom is -0.350 e. The van der Waals surface area contributed by atoms with E-state index in [1.165, 1.54) is 0 Å². The van der Waals surface area contributed by atoms with Crippen LogP contribution < -0.4 is 10.9 Å². The number of aryl methyl sites for hydroxylation is 2. The third-order valence-electron chi connectivity index (χ3n) is 4.83. The van der Waals surface area contributed by atoms with Gasteiger partial charge in [-0.25, -0.2) is 0 Å². The summed E-state index contributed by atoms with van der Waals surface area (Å²) >= 11 is 3.40. The van der Waals surface area contributed by atoms with Crippen molar-refractivity contribution in [2.24, 2.45) is 14.1 Å². The van der Waals surface area contributed by atoms with Crippen molar-refractivity contribution in [1.82, 2.24) is 20.0 Å². The van der Waals surface area contributed by atoms with E-state index >= 15 is 0 Å². The van der Waals surface area contributed by atoms with Crippen molar-refractivity contribution in [2.75, 3.05) is 0 Å². The molecule has 0 bridgehead atoms. The molecule has 2 aromatic heterocycles. The quantitative estimate of drug-likeness (QED) is 0.284. The molecule has 2 N–H and O–H groups in total. The molecular formula is C21H17BrN4O3. The highest BCUT2D eigenvalue weighted by Crippen LogP contribution is 2.24. The summed E-state index contributed by atoms with van der Waals surface area (Å²) in [6.07, 6.45) is 3.28. The number of aromatic nitrogens is 2. The lowest BCUT2D eigenvalue weighted by atomic mass is 10.1. The molecule has 0 spiro atoms. The number of para-hydroxylation sites is 1. The first kappa shape index (κ1) is 18.9. The molecule has 8 heteroatoms. The molecule has 0 unspecified atom stereocenters. The van der Waals surface area contributed by atoms with Crippen LogP contribution in [0.1, 0.15) is 20.7 Å². The van der Waals surface area contributed by atoms with Gasteiger partial charge in [-0.15, -0.1) is 0 Å². The van der Waals surface area contributed by atoms with Gasteiger partial charge >= 0.3 is 5.91 Å². The van der Waals surface area contributed by atoms with Crippen LogP contribution in [-0.2, 0) is 18.9 Å². The molecule has 0 aliphatic carbocycles. The van der Waals surface area contributed by atoms with E-state index in [1.54, 1.807) is 36.1 Å². The number of fused-ring (bicyclic) bond motifs is 2. The van der Waals surface area contributed by atoms with Gasteiger partial charge in [0.2, 0.25) is 0 Å². The van der Waals surface area contributed by atoms with E-state index in [9.17, 15) is 14.4 Å². The fourth-order valence-corrected chi connectivity index (χ4v) is 3.79. The third kappa shape index (κ3) is 3.31. The first-order valence-electron chi connectivity index (χ1n) is 8.80. The Balaban J connectivity index is 1.53. The lowest BCUT2D eigenvalue weighted by molar-refractivity contribution is -0.117. The largest absolute Gasteiger partial charge is 0.350 e. The highest BCUT2D eigenvalue weighted by atomic mass is 79.9. The number of hydrogen-bond acceptors (Lipinski definition) is 3. The van der Waals surface area contributed by atoms with Crippen molar-refractivity contribution < 1.29 is 14.4 Å². The number of hydrogen-bond donors (Lipinski definition) is 2. The van der Waals surface area contributed by atoms with Crippen LogP contribution in [0, 0.1) is 0 Å². The topological polar surface area (TPSA) is 85.1 Å². The Morgan fingerprint density at radius 2 is 1.48 bits per heavy atom. The summed E-state index contributed by atoms with van der Waals surface area (Å²) in [5.74, 6) is -2.13. The second kappa shape index (κ2) is 7.21. The van der Waals surface area contributed by atoms with Gasteiger partial charge in [0.1, 0.15) is 0 Å². The SMILES string of the molecule is Cn1cc(C(=O)NNC(=O)C(=O)c2cn(C)c3ccccc23)c2cc(Br)ccc21. The average molecular weight is 453 g/mol. The van der Waals surface area contributed by atoms with Gasteiger partial charge in [-0.05, 0) is 24.3 Å². The molecule has 0 saturated heterocycles. The summed E-state index contributed by atoms with van der Waals surface area (Å²) in [6, 6.07) is 12.9. The van der Waals surface area contributed by atoms with Gasteiger partial charge in [0.05, 0.1) is 11.1 Å². The van der Waals surface area contributed by atoms with Crippen LogP contribution in [0.2, 0.25) is 0 Å². The standard InChI is InChI=1S/C21H17BrN4O3/c1-25-10-15(13-5-3-4-6-17(13)25)19(27)21(29)24-23-20(28)16-11-26(2)18-8-7-12(22)9-14(16)18/h3-11H,1-2H3,(H,23,28)(H,24,29). The van der Waals surface area contributed by atoms with Crippen LogP contribution in [0.4, 0.5) is 0 Å². The van der Waals surface area contributed by atoms with Crippen molar-refractivity contribution in [3.05, 3.63) is 70.5 Å². The Morgan fingerprint density at radius 1 is 0.828 bits per heavy atom. The summed E-state index contributed by atoms with van der Waals surface area (Å²) in [4.78, 5) is 37.5. The fraction of sp³-hybridized carbons (Fsp3) is 0.0952. The highest BCUT2D eigenvalue weighted by Gasteiger charge is 2.22. The molecule has 0 aliphatic heterocycles. The van der Waals surface area contributed by atoms with E-state index in [2.05, 4.69) is 26.8 Å². The molecular weight excluding hydrogens is 436 g/mol. The minimum atomic E-state index is -0.906. The van der Waals surface area contributed by atoms with Crippen LogP contribution in [0.25, 0.3) is 21.8 Å². The molecule has 2 heterocycles. The van der Waals surface area contributed by atoms with Crippen molar-refractivity contribution in [2.45, 2.75) is 0 Å². The van der Waals surface area contributed by atoms with Crippen molar-refractivity contribution >= 4 is 55.3 Å². The predicted molar refractivity (Wildman–Crippen MR) is 113 cm³/mol. The van der Waals surface area contributed by atoms with E-state index in [-0.39, 0.29) is 5.56 Å². The van der Waals surface area contributed by atoms with Crippen LogP contribution in [0.15, 0.2) is 59.3 Å². The molecule has 2 aromatic carbocycles. The summed E-state index contributed by atoms with van der Waals surface area (Å²) in [5.41, 5.74) is 6.94. The van der Waals surface area contributed by atoms with E-state index in [0.717, 1.165) is 20.9 Å². The number of ketones is 1. The van der Waals surface area contributed by atoms with Gasteiger partial charge in [0, 0.05) is 52.8 Å². The van der Waals surface area contributed by atoms with E-state index in [0.29, 0.717) is 10.9 Å². The highest BCUT2D eigenvalue weighted by molar-refractivity contribution is 9.10. The maximum Gasteiger partial charge on any atom is 0.310 e. The molecule has 4 rings (SSSR count). The Kier molecular flexibility index (Phi) is 4.71. The molecule has 0 atom stereocenters. The Morgan fingerprint density at radius 3 is 2.24 bits per heavy atom. The lowest BCUT2D eigenvalue weighted by Crippen LogP contribution is -2.44. The maximum absolute atomic E-state index is 12.6. The van der Waals surface area contributed by atoms with E-state index in [1.807, 2.05) is 41.9 Å². The number of nitrogens with zero attached hydrogens (tertiary/aromatic N) is 2. The Hall–Kier alpha value is -3.39. The number of halogens is 1. The average Bonchev–Trinajstić information content (AvgIpc) is 3.22. The first-order valence-corrected chi connectivity index (χ1v) is 9.60. The number of benzene rings is 2. The normalized spacial score (nSPS) is 11.0. The van der Waals surface area contributed by atoms with Crippen LogP contribution in [-0.4, -0.2) is 26.7 Å². The molecule has 0 aliphatic rings. The molecule has 7 nitrogen and oxygen atoms in total.